The van der Waals surface area contributed by atoms with Gasteiger partial charge in [-0.15, -0.1) is 0 Å². The maximum atomic E-state index is 12.8. The average Bonchev–Trinajstić information content (AvgIpc) is 2.66. The molecule has 1 aliphatic heterocycles. The average molecular weight is 383 g/mol. The van der Waals surface area contributed by atoms with Crippen LogP contribution in [0.15, 0.2) is 34.2 Å². The Bertz CT molecular complexity index is 700. The molecule has 0 radical (unpaired) electrons. The van der Waals surface area contributed by atoms with Gasteiger partial charge in [0.25, 0.3) is 0 Å². The van der Waals surface area contributed by atoms with Crippen LogP contribution in [0.5, 0.6) is 0 Å². The first-order valence-corrected chi connectivity index (χ1v) is 10.5. The number of benzene rings is 1. The number of piperidine rings is 1. The van der Waals surface area contributed by atoms with Crippen LogP contribution in [0, 0.1) is 0 Å². The Labute approximate surface area is 156 Å². The molecule has 0 amide bonds. The third-order valence-corrected chi connectivity index (χ3v) is 6.23. The number of nitrogens with one attached hydrogen (secondary N) is 2. The van der Waals surface area contributed by atoms with E-state index in [2.05, 4.69) is 15.6 Å². The lowest BCUT2D eigenvalue weighted by molar-refractivity contribution is 0.179. The molecule has 26 heavy (non-hydrogen) atoms. The number of aliphatic imine (C=N–C) groups is 1. The van der Waals surface area contributed by atoms with E-state index in [0.29, 0.717) is 37.1 Å². The zero-order valence-corrected chi connectivity index (χ0v) is 16.7. The highest BCUT2D eigenvalue weighted by Gasteiger charge is 2.25. The molecule has 8 heteroatoms. The molecule has 7 nitrogen and oxygen atoms in total. The van der Waals surface area contributed by atoms with Crippen molar-refractivity contribution in [3.8, 4) is 0 Å². The Morgan fingerprint density at radius 3 is 2.69 bits per heavy atom. The molecular formula is C18H30N4O3S. The summed E-state index contributed by atoms with van der Waals surface area (Å²) in [6, 6.07) is 7.23. The van der Waals surface area contributed by atoms with Gasteiger partial charge in [0, 0.05) is 39.8 Å². The summed E-state index contributed by atoms with van der Waals surface area (Å²) in [6.07, 6.45) is 2.97. The maximum Gasteiger partial charge on any atom is 0.243 e. The van der Waals surface area contributed by atoms with Crippen molar-refractivity contribution in [1.29, 1.82) is 0 Å². The summed E-state index contributed by atoms with van der Waals surface area (Å²) in [7, 11) is -0.0559. The van der Waals surface area contributed by atoms with Crippen molar-refractivity contribution in [2.75, 3.05) is 33.9 Å². The van der Waals surface area contributed by atoms with Crippen LogP contribution < -0.4 is 10.6 Å². The standard InChI is InChI=1S/C18H30N4O3S/c1-15(14-25-3)21-18(19-2)20-13-16-8-7-9-17(12-16)26(23,24)22-10-5-4-6-11-22/h7-9,12,15H,4-6,10-11,13-14H2,1-3H3,(H2,19,20,21). The Kier molecular flexibility index (Phi) is 7.86. The minimum absolute atomic E-state index is 0.122. The fourth-order valence-electron chi connectivity index (χ4n) is 2.98. The van der Waals surface area contributed by atoms with E-state index in [0.717, 1.165) is 24.8 Å². The fraction of sp³-hybridized carbons (Fsp3) is 0.611. The summed E-state index contributed by atoms with van der Waals surface area (Å²) in [6.45, 7) is 4.28. The van der Waals surface area contributed by atoms with Crippen LogP contribution in [0.25, 0.3) is 0 Å². The summed E-state index contributed by atoms with van der Waals surface area (Å²) in [4.78, 5) is 4.54. The molecule has 2 rings (SSSR count). The van der Waals surface area contributed by atoms with E-state index in [9.17, 15) is 8.42 Å². The highest BCUT2D eigenvalue weighted by molar-refractivity contribution is 7.89. The molecule has 1 aliphatic rings. The molecular weight excluding hydrogens is 352 g/mol. The summed E-state index contributed by atoms with van der Waals surface area (Å²) in [5.74, 6) is 0.652. The Morgan fingerprint density at radius 1 is 1.31 bits per heavy atom. The SMILES string of the molecule is CN=C(NCc1cccc(S(=O)(=O)N2CCCCC2)c1)NC(C)COC. The lowest BCUT2D eigenvalue weighted by Crippen LogP contribution is -2.43. The van der Waals surface area contributed by atoms with Crippen LogP contribution in [0.1, 0.15) is 31.7 Å². The van der Waals surface area contributed by atoms with Gasteiger partial charge in [0.05, 0.1) is 11.5 Å². The second-order valence-electron chi connectivity index (χ2n) is 6.54. The molecule has 1 heterocycles. The van der Waals surface area contributed by atoms with Crippen molar-refractivity contribution in [3.05, 3.63) is 29.8 Å². The number of guanidine groups is 1. The molecule has 1 unspecified atom stereocenters. The van der Waals surface area contributed by atoms with Crippen molar-refractivity contribution in [1.82, 2.24) is 14.9 Å². The Balaban J connectivity index is 2.02. The summed E-state index contributed by atoms with van der Waals surface area (Å²) < 4.78 is 32.3. The van der Waals surface area contributed by atoms with Gasteiger partial charge in [-0.1, -0.05) is 18.6 Å². The molecule has 1 aromatic carbocycles. The second kappa shape index (κ2) is 9.89. The predicted molar refractivity (Wildman–Crippen MR) is 104 cm³/mol. The van der Waals surface area contributed by atoms with Gasteiger partial charge >= 0.3 is 0 Å². The topological polar surface area (TPSA) is 83.0 Å². The number of methoxy groups -OCH3 is 1. The smallest absolute Gasteiger partial charge is 0.243 e. The van der Waals surface area contributed by atoms with E-state index < -0.39 is 10.0 Å². The molecule has 1 saturated heterocycles. The summed E-state index contributed by atoms with van der Waals surface area (Å²) in [5, 5.41) is 6.43. The van der Waals surface area contributed by atoms with E-state index in [1.54, 1.807) is 36.7 Å². The largest absolute Gasteiger partial charge is 0.383 e. The van der Waals surface area contributed by atoms with E-state index in [4.69, 9.17) is 4.74 Å². The number of ether oxygens (including phenoxy) is 1. The molecule has 0 bridgehead atoms. The van der Waals surface area contributed by atoms with E-state index >= 15 is 0 Å². The van der Waals surface area contributed by atoms with Crippen LogP contribution >= 0.6 is 0 Å². The first kappa shape index (κ1) is 20.7. The van der Waals surface area contributed by atoms with E-state index in [1.807, 2.05) is 13.0 Å². The maximum absolute atomic E-state index is 12.8. The summed E-state index contributed by atoms with van der Waals surface area (Å²) >= 11 is 0. The van der Waals surface area contributed by atoms with E-state index in [1.165, 1.54) is 0 Å². The minimum atomic E-state index is -3.41. The van der Waals surface area contributed by atoms with Crippen LogP contribution in [0.2, 0.25) is 0 Å². The van der Waals surface area contributed by atoms with Crippen molar-refractivity contribution >= 4 is 16.0 Å². The molecule has 1 atom stereocenters. The number of rotatable bonds is 7. The highest BCUT2D eigenvalue weighted by atomic mass is 32.2. The zero-order valence-electron chi connectivity index (χ0n) is 15.9. The minimum Gasteiger partial charge on any atom is -0.383 e. The summed E-state index contributed by atoms with van der Waals surface area (Å²) in [5.41, 5.74) is 0.894. The molecule has 0 saturated carbocycles. The number of hydrogen-bond donors (Lipinski definition) is 2. The van der Waals surface area contributed by atoms with Gasteiger partial charge in [0.15, 0.2) is 5.96 Å². The first-order valence-electron chi connectivity index (χ1n) is 9.02. The number of sulfonamides is 1. The highest BCUT2D eigenvalue weighted by Crippen LogP contribution is 2.21. The van der Waals surface area contributed by atoms with E-state index in [-0.39, 0.29) is 6.04 Å². The van der Waals surface area contributed by atoms with Gasteiger partial charge < -0.3 is 15.4 Å². The predicted octanol–water partition coefficient (Wildman–Crippen LogP) is 1.56. The lowest BCUT2D eigenvalue weighted by atomic mass is 10.2. The molecule has 1 fully saturated rings. The van der Waals surface area contributed by atoms with Gasteiger partial charge in [0.2, 0.25) is 10.0 Å². The molecule has 0 spiro atoms. The third kappa shape index (κ3) is 5.69. The first-order chi connectivity index (χ1) is 12.5. The lowest BCUT2D eigenvalue weighted by Gasteiger charge is -2.26. The normalized spacial score (nSPS) is 17.7. The molecule has 0 aromatic heterocycles. The Morgan fingerprint density at radius 2 is 2.04 bits per heavy atom. The quantitative estimate of drug-likeness (QED) is 0.552. The van der Waals surface area contributed by atoms with Crippen LogP contribution in [-0.2, 0) is 21.3 Å². The molecule has 1 aromatic rings. The van der Waals surface area contributed by atoms with Gasteiger partial charge in [-0.3, -0.25) is 4.99 Å². The molecule has 146 valence electrons. The number of nitrogens with zero attached hydrogens (tertiary/aromatic N) is 2. The Hall–Kier alpha value is -1.64. The molecule has 2 N–H and O–H groups in total. The zero-order chi connectivity index (χ0) is 19.0. The number of hydrogen-bond acceptors (Lipinski definition) is 4. The fourth-order valence-corrected chi connectivity index (χ4v) is 4.56. The monoisotopic (exact) mass is 382 g/mol. The van der Waals surface area contributed by atoms with Crippen molar-refractivity contribution < 1.29 is 13.2 Å². The second-order valence-corrected chi connectivity index (χ2v) is 8.48. The van der Waals surface area contributed by atoms with Crippen LogP contribution in [0.4, 0.5) is 0 Å². The van der Waals surface area contributed by atoms with Crippen LogP contribution in [-0.4, -0.2) is 58.6 Å². The van der Waals surface area contributed by atoms with Gasteiger partial charge in [-0.05, 0) is 37.5 Å². The van der Waals surface area contributed by atoms with Gasteiger partial charge in [-0.2, -0.15) is 4.31 Å². The van der Waals surface area contributed by atoms with Crippen molar-refractivity contribution in [3.63, 3.8) is 0 Å². The third-order valence-electron chi connectivity index (χ3n) is 4.33. The van der Waals surface area contributed by atoms with Crippen molar-refractivity contribution in [2.24, 2.45) is 4.99 Å². The van der Waals surface area contributed by atoms with Gasteiger partial charge in [-0.25, -0.2) is 8.42 Å². The van der Waals surface area contributed by atoms with Crippen LogP contribution in [0.3, 0.4) is 0 Å². The molecule has 0 aliphatic carbocycles. The van der Waals surface area contributed by atoms with Crippen molar-refractivity contribution in [2.45, 2.75) is 43.7 Å². The van der Waals surface area contributed by atoms with Gasteiger partial charge in [0.1, 0.15) is 0 Å².